The summed E-state index contributed by atoms with van der Waals surface area (Å²) in [6.07, 6.45) is 0. The Kier molecular flexibility index (Phi) is 3.69. The fourth-order valence-corrected chi connectivity index (χ4v) is 1.79. The molecule has 1 aromatic carbocycles. The highest BCUT2D eigenvalue weighted by Gasteiger charge is 2.18. The van der Waals surface area contributed by atoms with Crippen molar-refractivity contribution in [3.05, 3.63) is 24.3 Å². The standard InChI is InChI=1S/C12H17N3O2/c1-17-11-4-2-3-10(9-11)13-5-7-15-8-6-14-12(15)16/h2-4,9,13H,5-8H2,1H3,(H,14,16). The summed E-state index contributed by atoms with van der Waals surface area (Å²) in [6, 6.07) is 7.77. The SMILES string of the molecule is COc1cccc(NCCN2CCNC2=O)c1. The zero-order valence-corrected chi connectivity index (χ0v) is 9.90. The van der Waals surface area contributed by atoms with Gasteiger partial charge in [0.15, 0.2) is 0 Å². The number of hydrogen-bond acceptors (Lipinski definition) is 3. The van der Waals surface area contributed by atoms with Gasteiger partial charge in [-0.1, -0.05) is 6.07 Å². The van der Waals surface area contributed by atoms with E-state index in [1.165, 1.54) is 0 Å². The zero-order valence-electron chi connectivity index (χ0n) is 9.90. The molecule has 1 aliphatic rings. The Morgan fingerprint density at radius 1 is 1.53 bits per heavy atom. The third kappa shape index (κ3) is 3.03. The molecule has 2 rings (SSSR count). The van der Waals surface area contributed by atoms with Gasteiger partial charge in [-0.15, -0.1) is 0 Å². The van der Waals surface area contributed by atoms with Crippen molar-refractivity contribution < 1.29 is 9.53 Å². The number of nitrogens with one attached hydrogen (secondary N) is 2. The van der Waals surface area contributed by atoms with E-state index in [1.54, 1.807) is 12.0 Å². The summed E-state index contributed by atoms with van der Waals surface area (Å²) in [7, 11) is 1.65. The van der Waals surface area contributed by atoms with Gasteiger partial charge in [-0.2, -0.15) is 0 Å². The van der Waals surface area contributed by atoms with Crippen molar-refractivity contribution in [2.45, 2.75) is 0 Å². The number of anilines is 1. The molecule has 0 aromatic heterocycles. The Morgan fingerprint density at radius 3 is 3.12 bits per heavy atom. The number of methoxy groups -OCH3 is 1. The number of nitrogens with zero attached hydrogens (tertiary/aromatic N) is 1. The van der Waals surface area contributed by atoms with E-state index >= 15 is 0 Å². The summed E-state index contributed by atoms with van der Waals surface area (Å²) < 4.78 is 5.14. The van der Waals surface area contributed by atoms with Crippen molar-refractivity contribution in [3.63, 3.8) is 0 Å². The van der Waals surface area contributed by atoms with Gasteiger partial charge in [0.1, 0.15) is 5.75 Å². The quantitative estimate of drug-likeness (QED) is 0.804. The molecule has 1 aliphatic heterocycles. The van der Waals surface area contributed by atoms with Crippen LogP contribution < -0.4 is 15.4 Å². The average molecular weight is 235 g/mol. The number of amides is 2. The molecule has 1 fully saturated rings. The molecular formula is C12H17N3O2. The van der Waals surface area contributed by atoms with E-state index in [0.29, 0.717) is 6.54 Å². The number of ether oxygens (including phenoxy) is 1. The van der Waals surface area contributed by atoms with E-state index in [2.05, 4.69) is 10.6 Å². The van der Waals surface area contributed by atoms with Crippen LogP contribution in [0.25, 0.3) is 0 Å². The highest BCUT2D eigenvalue weighted by Crippen LogP contribution is 2.16. The van der Waals surface area contributed by atoms with Crippen molar-refractivity contribution in [2.24, 2.45) is 0 Å². The largest absolute Gasteiger partial charge is 0.497 e. The number of rotatable bonds is 5. The van der Waals surface area contributed by atoms with E-state index in [9.17, 15) is 4.79 Å². The average Bonchev–Trinajstić information content (AvgIpc) is 2.76. The predicted octanol–water partition coefficient (Wildman–Crippen LogP) is 1.13. The van der Waals surface area contributed by atoms with Gasteiger partial charge < -0.3 is 20.3 Å². The molecule has 5 nitrogen and oxygen atoms in total. The molecule has 2 amide bonds. The van der Waals surface area contributed by atoms with E-state index in [-0.39, 0.29) is 6.03 Å². The molecule has 0 saturated carbocycles. The van der Waals surface area contributed by atoms with Crippen LogP contribution in [0.2, 0.25) is 0 Å². The number of carbonyl (C=O) groups excluding carboxylic acids is 1. The minimum absolute atomic E-state index is 0.0254. The number of urea groups is 1. The number of carbonyl (C=O) groups is 1. The van der Waals surface area contributed by atoms with E-state index < -0.39 is 0 Å². The molecule has 1 heterocycles. The van der Waals surface area contributed by atoms with Gasteiger partial charge >= 0.3 is 6.03 Å². The third-order valence-corrected chi connectivity index (χ3v) is 2.73. The molecule has 2 N–H and O–H groups in total. The van der Waals surface area contributed by atoms with Gasteiger partial charge in [-0.25, -0.2) is 4.79 Å². The Labute approximate surface area is 101 Å². The highest BCUT2D eigenvalue weighted by molar-refractivity contribution is 5.76. The van der Waals surface area contributed by atoms with Crippen LogP contribution in [0.5, 0.6) is 5.75 Å². The van der Waals surface area contributed by atoms with Crippen LogP contribution in [0.3, 0.4) is 0 Å². The molecule has 0 atom stereocenters. The van der Waals surface area contributed by atoms with Crippen molar-refractivity contribution in [2.75, 3.05) is 38.6 Å². The summed E-state index contributed by atoms with van der Waals surface area (Å²) in [5.74, 6) is 0.828. The Balaban J connectivity index is 1.79. The lowest BCUT2D eigenvalue weighted by Gasteiger charge is -2.15. The fraction of sp³-hybridized carbons (Fsp3) is 0.417. The van der Waals surface area contributed by atoms with E-state index in [4.69, 9.17) is 4.74 Å². The Bertz CT molecular complexity index is 395. The summed E-state index contributed by atoms with van der Waals surface area (Å²) in [5.41, 5.74) is 1.00. The topological polar surface area (TPSA) is 53.6 Å². The first kappa shape index (κ1) is 11.6. The van der Waals surface area contributed by atoms with Crippen LogP contribution >= 0.6 is 0 Å². The maximum Gasteiger partial charge on any atom is 0.317 e. The van der Waals surface area contributed by atoms with Crippen LogP contribution in [0.15, 0.2) is 24.3 Å². The smallest absolute Gasteiger partial charge is 0.317 e. The van der Waals surface area contributed by atoms with Crippen LogP contribution in [-0.4, -0.2) is 44.2 Å². The summed E-state index contributed by atoms with van der Waals surface area (Å²) in [4.78, 5) is 13.1. The van der Waals surface area contributed by atoms with Crippen molar-refractivity contribution in [1.82, 2.24) is 10.2 Å². The maximum atomic E-state index is 11.3. The van der Waals surface area contributed by atoms with Crippen molar-refractivity contribution in [1.29, 1.82) is 0 Å². The summed E-state index contributed by atoms with van der Waals surface area (Å²) >= 11 is 0. The van der Waals surface area contributed by atoms with Gasteiger partial charge in [-0.05, 0) is 12.1 Å². The van der Waals surface area contributed by atoms with Crippen LogP contribution in [-0.2, 0) is 0 Å². The highest BCUT2D eigenvalue weighted by atomic mass is 16.5. The molecular weight excluding hydrogens is 218 g/mol. The first-order chi connectivity index (χ1) is 8.29. The minimum Gasteiger partial charge on any atom is -0.497 e. The molecule has 17 heavy (non-hydrogen) atoms. The predicted molar refractivity (Wildman–Crippen MR) is 66.5 cm³/mol. The van der Waals surface area contributed by atoms with E-state index in [0.717, 1.165) is 31.1 Å². The second-order valence-electron chi connectivity index (χ2n) is 3.88. The second kappa shape index (κ2) is 5.43. The summed E-state index contributed by atoms with van der Waals surface area (Å²) in [6.45, 7) is 2.99. The van der Waals surface area contributed by atoms with Crippen LogP contribution in [0.4, 0.5) is 10.5 Å². The monoisotopic (exact) mass is 235 g/mol. The number of benzene rings is 1. The van der Waals surface area contributed by atoms with Crippen LogP contribution in [0, 0.1) is 0 Å². The molecule has 0 unspecified atom stereocenters. The van der Waals surface area contributed by atoms with Crippen LogP contribution in [0.1, 0.15) is 0 Å². The fourth-order valence-electron chi connectivity index (χ4n) is 1.79. The van der Waals surface area contributed by atoms with E-state index in [1.807, 2.05) is 24.3 Å². The van der Waals surface area contributed by atoms with Gasteiger partial charge in [0.25, 0.3) is 0 Å². The van der Waals surface area contributed by atoms with Gasteiger partial charge in [0, 0.05) is 37.9 Å². The molecule has 92 valence electrons. The zero-order chi connectivity index (χ0) is 12.1. The van der Waals surface area contributed by atoms with Gasteiger partial charge in [0.2, 0.25) is 0 Å². The van der Waals surface area contributed by atoms with Gasteiger partial charge in [-0.3, -0.25) is 0 Å². The Morgan fingerprint density at radius 2 is 2.41 bits per heavy atom. The molecule has 1 saturated heterocycles. The normalized spacial score (nSPS) is 14.6. The molecule has 0 bridgehead atoms. The first-order valence-corrected chi connectivity index (χ1v) is 5.70. The lowest BCUT2D eigenvalue weighted by Crippen LogP contribution is -2.32. The molecule has 0 radical (unpaired) electrons. The molecule has 5 heteroatoms. The van der Waals surface area contributed by atoms with Crippen molar-refractivity contribution >= 4 is 11.7 Å². The second-order valence-corrected chi connectivity index (χ2v) is 3.88. The lowest BCUT2D eigenvalue weighted by molar-refractivity contribution is 0.219. The first-order valence-electron chi connectivity index (χ1n) is 5.70. The Hall–Kier alpha value is -1.91. The molecule has 0 aliphatic carbocycles. The maximum absolute atomic E-state index is 11.3. The summed E-state index contributed by atoms with van der Waals surface area (Å²) in [5, 5.41) is 6.04. The van der Waals surface area contributed by atoms with Gasteiger partial charge in [0.05, 0.1) is 7.11 Å². The minimum atomic E-state index is 0.0254. The number of hydrogen-bond donors (Lipinski definition) is 2. The van der Waals surface area contributed by atoms with Crippen molar-refractivity contribution in [3.8, 4) is 5.75 Å². The lowest BCUT2D eigenvalue weighted by atomic mass is 10.3. The third-order valence-electron chi connectivity index (χ3n) is 2.73. The molecule has 1 aromatic rings. The molecule has 0 spiro atoms.